The Kier molecular flexibility index (Phi) is 5.35. The third kappa shape index (κ3) is 3.80. The van der Waals surface area contributed by atoms with Crippen LogP contribution in [0.25, 0.3) is 0 Å². The number of aliphatic hydroxyl groups is 1. The average Bonchev–Trinajstić information content (AvgIpc) is 2.79. The van der Waals surface area contributed by atoms with Crippen LogP contribution in [0.2, 0.25) is 0 Å². The molecule has 1 aliphatic rings. The highest BCUT2D eigenvalue weighted by Crippen LogP contribution is 2.44. The van der Waals surface area contributed by atoms with Crippen LogP contribution >= 0.6 is 15.9 Å². The van der Waals surface area contributed by atoms with Gasteiger partial charge in [-0.05, 0) is 47.5 Å². The van der Waals surface area contributed by atoms with E-state index in [4.69, 9.17) is 0 Å². The molecule has 1 aliphatic carbocycles. The van der Waals surface area contributed by atoms with E-state index < -0.39 is 18.2 Å². The summed E-state index contributed by atoms with van der Waals surface area (Å²) >= 11 is 3.34. The molecule has 3 unspecified atom stereocenters. The lowest BCUT2D eigenvalue weighted by Crippen LogP contribution is -2.31. The lowest BCUT2D eigenvalue weighted by molar-refractivity contribution is -0.189. The van der Waals surface area contributed by atoms with Crippen LogP contribution in [0.4, 0.5) is 13.2 Å². The first-order chi connectivity index (χ1) is 9.84. The fraction of sp³-hybridized carbons (Fsp3) is 0.786. The summed E-state index contributed by atoms with van der Waals surface area (Å²) < 4.78 is 41.0. The number of hydrogen-bond acceptors (Lipinski definition) is 2. The van der Waals surface area contributed by atoms with Crippen LogP contribution in [0.3, 0.4) is 0 Å². The van der Waals surface area contributed by atoms with Crippen molar-refractivity contribution in [2.45, 2.75) is 57.9 Å². The Morgan fingerprint density at radius 1 is 1.48 bits per heavy atom. The van der Waals surface area contributed by atoms with Gasteiger partial charge in [0.15, 0.2) is 0 Å². The normalized spacial score (nSPS) is 25.0. The van der Waals surface area contributed by atoms with Crippen LogP contribution in [0.1, 0.15) is 50.8 Å². The first kappa shape index (κ1) is 16.8. The van der Waals surface area contributed by atoms with E-state index in [2.05, 4.69) is 21.0 Å². The van der Waals surface area contributed by atoms with Crippen molar-refractivity contribution in [2.24, 2.45) is 11.8 Å². The third-order valence-corrected chi connectivity index (χ3v) is 4.78. The van der Waals surface area contributed by atoms with Crippen molar-refractivity contribution < 1.29 is 18.3 Å². The van der Waals surface area contributed by atoms with Gasteiger partial charge in [-0.1, -0.05) is 13.3 Å². The van der Waals surface area contributed by atoms with Gasteiger partial charge < -0.3 is 5.11 Å². The fourth-order valence-corrected chi connectivity index (χ4v) is 3.62. The Labute approximate surface area is 130 Å². The minimum atomic E-state index is -4.17. The molecule has 1 fully saturated rings. The van der Waals surface area contributed by atoms with Crippen molar-refractivity contribution in [3.05, 3.63) is 16.4 Å². The molecule has 2 rings (SSSR count). The predicted molar refractivity (Wildman–Crippen MR) is 76.7 cm³/mol. The Bertz CT molecular complexity index is 475. The minimum Gasteiger partial charge on any atom is -0.386 e. The molecule has 1 aromatic rings. The van der Waals surface area contributed by atoms with Gasteiger partial charge in [0.1, 0.15) is 0 Å². The number of aryl methyl sites for hydroxylation is 1. The van der Waals surface area contributed by atoms with Gasteiger partial charge in [-0.25, -0.2) is 0 Å². The van der Waals surface area contributed by atoms with Crippen LogP contribution in [-0.2, 0) is 6.54 Å². The van der Waals surface area contributed by atoms with Crippen LogP contribution in [0, 0.1) is 11.8 Å². The summed E-state index contributed by atoms with van der Waals surface area (Å²) in [5, 5.41) is 14.7. The summed E-state index contributed by atoms with van der Waals surface area (Å²) in [7, 11) is 0. The first-order valence-electron chi connectivity index (χ1n) is 7.30. The molecule has 0 bridgehead atoms. The smallest absolute Gasteiger partial charge is 0.386 e. The second-order valence-corrected chi connectivity index (χ2v) is 6.57. The number of alkyl halides is 3. The van der Waals surface area contributed by atoms with Gasteiger partial charge in [-0.15, -0.1) is 0 Å². The maximum absolute atomic E-state index is 12.9. The quantitative estimate of drug-likeness (QED) is 0.851. The number of rotatable bonds is 4. The van der Waals surface area contributed by atoms with Crippen LogP contribution < -0.4 is 0 Å². The zero-order valence-corrected chi connectivity index (χ0v) is 13.5. The van der Waals surface area contributed by atoms with Gasteiger partial charge in [0, 0.05) is 6.54 Å². The summed E-state index contributed by atoms with van der Waals surface area (Å²) in [4.78, 5) is 0. The van der Waals surface area contributed by atoms with E-state index in [0.29, 0.717) is 29.6 Å². The molecule has 7 heteroatoms. The second kappa shape index (κ2) is 6.69. The average molecular weight is 369 g/mol. The Hall–Kier alpha value is -0.560. The molecule has 1 N–H and O–H groups in total. The van der Waals surface area contributed by atoms with E-state index in [1.807, 2.05) is 6.92 Å². The van der Waals surface area contributed by atoms with Crippen molar-refractivity contribution in [1.29, 1.82) is 0 Å². The summed E-state index contributed by atoms with van der Waals surface area (Å²) in [6.07, 6.45) is -1.33. The van der Waals surface area contributed by atoms with Crippen LogP contribution in [0.15, 0.2) is 10.7 Å². The van der Waals surface area contributed by atoms with Crippen LogP contribution in [0.5, 0.6) is 0 Å². The molecule has 1 saturated carbocycles. The lowest BCUT2D eigenvalue weighted by atomic mass is 9.77. The van der Waals surface area contributed by atoms with E-state index in [1.54, 1.807) is 10.9 Å². The lowest BCUT2D eigenvalue weighted by Gasteiger charge is -2.33. The number of aromatic nitrogens is 2. The summed E-state index contributed by atoms with van der Waals surface area (Å²) in [5.74, 6) is -1.67. The van der Waals surface area contributed by atoms with Gasteiger partial charge in [-0.2, -0.15) is 18.3 Å². The number of nitrogens with zero attached hydrogens (tertiary/aromatic N) is 2. The Balaban J connectivity index is 2.16. The summed E-state index contributed by atoms with van der Waals surface area (Å²) in [5.41, 5.74) is 0.602. The molecule has 1 heterocycles. The highest BCUT2D eigenvalue weighted by atomic mass is 79.9. The monoisotopic (exact) mass is 368 g/mol. The summed E-state index contributed by atoms with van der Waals surface area (Å²) in [6, 6.07) is 0. The number of halogens is 4. The van der Waals surface area contributed by atoms with Crippen molar-refractivity contribution >= 4 is 15.9 Å². The predicted octanol–water partition coefficient (Wildman–Crippen LogP) is 4.46. The molecule has 0 amide bonds. The molecule has 0 aliphatic heterocycles. The standard InChI is InChI=1S/C14H20BrF3N2O/c1-2-6-20-12(11(15)8-19-20)13(21)9-4-3-5-10(7-9)14(16,17)18/h8-10,13,21H,2-7H2,1H3. The van der Waals surface area contributed by atoms with Gasteiger partial charge in [0.2, 0.25) is 0 Å². The minimum absolute atomic E-state index is 0.00554. The molecule has 1 aromatic heterocycles. The molecule has 120 valence electrons. The third-order valence-electron chi connectivity index (χ3n) is 4.17. The van der Waals surface area contributed by atoms with E-state index in [1.165, 1.54) is 0 Å². The largest absolute Gasteiger partial charge is 0.391 e. The van der Waals surface area contributed by atoms with Gasteiger partial charge in [0.05, 0.1) is 28.4 Å². The van der Waals surface area contributed by atoms with Gasteiger partial charge in [-0.3, -0.25) is 4.68 Å². The molecule has 0 aromatic carbocycles. The van der Waals surface area contributed by atoms with Crippen molar-refractivity contribution in [3.63, 3.8) is 0 Å². The van der Waals surface area contributed by atoms with E-state index in [9.17, 15) is 18.3 Å². The molecular weight excluding hydrogens is 349 g/mol. The SMILES string of the molecule is CCCn1ncc(Br)c1C(O)C1CCCC(C(F)(F)F)C1. The van der Waals surface area contributed by atoms with Crippen molar-refractivity contribution in [3.8, 4) is 0 Å². The van der Waals surface area contributed by atoms with Gasteiger partial charge in [0.25, 0.3) is 0 Å². The van der Waals surface area contributed by atoms with E-state index in [0.717, 1.165) is 6.42 Å². The van der Waals surface area contributed by atoms with Crippen molar-refractivity contribution in [1.82, 2.24) is 9.78 Å². The number of hydrogen-bond donors (Lipinski definition) is 1. The molecule has 3 atom stereocenters. The summed E-state index contributed by atoms with van der Waals surface area (Å²) in [6.45, 7) is 2.64. The highest BCUT2D eigenvalue weighted by molar-refractivity contribution is 9.10. The molecular formula is C14H20BrF3N2O. The zero-order chi connectivity index (χ0) is 15.6. The zero-order valence-electron chi connectivity index (χ0n) is 11.9. The van der Waals surface area contributed by atoms with Gasteiger partial charge >= 0.3 is 6.18 Å². The maximum atomic E-state index is 12.9. The molecule has 0 spiro atoms. The molecule has 0 radical (unpaired) electrons. The van der Waals surface area contributed by atoms with Crippen LogP contribution in [-0.4, -0.2) is 21.1 Å². The second-order valence-electron chi connectivity index (χ2n) is 5.71. The maximum Gasteiger partial charge on any atom is 0.391 e. The molecule has 3 nitrogen and oxygen atoms in total. The molecule has 21 heavy (non-hydrogen) atoms. The highest BCUT2D eigenvalue weighted by Gasteiger charge is 2.44. The van der Waals surface area contributed by atoms with Crippen molar-refractivity contribution in [2.75, 3.05) is 0 Å². The Morgan fingerprint density at radius 2 is 2.19 bits per heavy atom. The fourth-order valence-electron chi connectivity index (χ4n) is 3.09. The van der Waals surface area contributed by atoms with E-state index >= 15 is 0 Å². The topological polar surface area (TPSA) is 38.0 Å². The first-order valence-corrected chi connectivity index (χ1v) is 8.09. The van der Waals surface area contributed by atoms with E-state index in [-0.39, 0.29) is 18.8 Å². The molecule has 0 saturated heterocycles. The Morgan fingerprint density at radius 3 is 2.81 bits per heavy atom. The number of aliphatic hydroxyl groups excluding tert-OH is 1.